The minimum Gasteiger partial charge on any atom is -0.493 e. The Labute approximate surface area is 152 Å². The Kier molecular flexibility index (Phi) is 3.49. The lowest BCUT2D eigenvalue weighted by Gasteiger charge is -2.63. The van der Waals surface area contributed by atoms with Crippen molar-refractivity contribution >= 4 is 18.2 Å². The number of nitrogens with zero attached hydrogens (tertiary/aromatic N) is 1. The van der Waals surface area contributed by atoms with Crippen molar-refractivity contribution in [1.82, 2.24) is 4.90 Å². The van der Waals surface area contributed by atoms with Crippen molar-refractivity contribution in [2.24, 2.45) is 0 Å². The number of ether oxygens (including phenoxy) is 2. The summed E-state index contributed by atoms with van der Waals surface area (Å²) in [5.41, 5.74) is -0.304. The van der Waals surface area contributed by atoms with Gasteiger partial charge in [0, 0.05) is 18.0 Å². The van der Waals surface area contributed by atoms with E-state index in [1.54, 1.807) is 7.11 Å². The molecule has 2 N–H and O–H groups in total. The van der Waals surface area contributed by atoms with Crippen molar-refractivity contribution in [2.75, 3.05) is 20.7 Å². The Morgan fingerprint density at radius 2 is 2.12 bits per heavy atom. The molecular formula is C18H22ClNO5. The molecule has 2 aliphatic heterocycles. The molecule has 1 aromatic carbocycles. The minimum absolute atomic E-state index is 0. The van der Waals surface area contributed by atoms with E-state index < -0.39 is 23.2 Å². The van der Waals surface area contributed by atoms with Crippen LogP contribution in [0.25, 0.3) is 0 Å². The van der Waals surface area contributed by atoms with Crippen LogP contribution in [0.5, 0.6) is 11.5 Å². The molecule has 136 valence electrons. The Bertz CT molecular complexity index is 770. The van der Waals surface area contributed by atoms with Gasteiger partial charge < -0.3 is 24.6 Å². The van der Waals surface area contributed by atoms with Crippen molar-refractivity contribution in [3.05, 3.63) is 23.3 Å². The molecule has 1 saturated carbocycles. The smallest absolute Gasteiger partial charge is 0.177 e. The second kappa shape index (κ2) is 5.10. The lowest BCUT2D eigenvalue weighted by molar-refractivity contribution is -0.226. The first-order valence-electron chi connectivity index (χ1n) is 8.45. The summed E-state index contributed by atoms with van der Waals surface area (Å²) in [6.07, 6.45) is -0.686. The number of aliphatic hydroxyl groups is 2. The highest BCUT2D eigenvalue weighted by molar-refractivity contribution is 5.90. The number of Topliss-reactive ketones (excluding diaryl/α,β-unsaturated/α-hetero) is 1. The van der Waals surface area contributed by atoms with E-state index in [-0.39, 0.29) is 30.7 Å². The van der Waals surface area contributed by atoms with Crippen LogP contribution < -0.4 is 9.47 Å². The molecule has 2 bridgehead atoms. The topological polar surface area (TPSA) is 79.2 Å². The Morgan fingerprint density at radius 3 is 2.84 bits per heavy atom. The molecular weight excluding hydrogens is 346 g/mol. The lowest BCUT2D eigenvalue weighted by atomic mass is 9.48. The molecule has 2 fully saturated rings. The summed E-state index contributed by atoms with van der Waals surface area (Å²) in [6, 6.07) is 3.64. The number of hydrogen-bond donors (Lipinski definition) is 2. The molecule has 7 heteroatoms. The van der Waals surface area contributed by atoms with Gasteiger partial charge in [-0.2, -0.15) is 0 Å². The van der Waals surface area contributed by atoms with Crippen molar-refractivity contribution in [2.45, 2.75) is 48.5 Å². The number of methoxy groups -OCH3 is 1. The molecule has 5 unspecified atom stereocenters. The third kappa shape index (κ3) is 1.65. The largest absolute Gasteiger partial charge is 0.493 e. The van der Waals surface area contributed by atoms with E-state index in [2.05, 4.69) is 4.90 Å². The predicted molar refractivity (Wildman–Crippen MR) is 91.7 cm³/mol. The van der Waals surface area contributed by atoms with Gasteiger partial charge in [0.1, 0.15) is 5.60 Å². The number of likely N-dealkylation sites (N-methyl/N-ethyl adjacent to an activating group) is 1. The average molecular weight is 368 g/mol. The maximum absolute atomic E-state index is 12.7. The number of aliphatic hydroxyl groups excluding tert-OH is 1. The van der Waals surface area contributed by atoms with Gasteiger partial charge in [0.25, 0.3) is 0 Å². The van der Waals surface area contributed by atoms with Crippen LogP contribution in [0.4, 0.5) is 0 Å². The van der Waals surface area contributed by atoms with Crippen LogP contribution in [-0.2, 0) is 16.6 Å². The molecule has 4 aliphatic rings. The van der Waals surface area contributed by atoms with Crippen molar-refractivity contribution < 1.29 is 24.5 Å². The second-order valence-corrected chi connectivity index (χ2v) is 7.56. The zero-order valence-corrected chi connectivity index (χ0v) is 15.0. The van der Waals surface area contributed by atoms with Gasteiger partial charge in [0.2, 0.25) is 0 Å². The van der Waals surface area contributed by atoms with E-state index in [4.69, 9.17) is 9.47 Å². The van der Waals surface area contributed by atoms with Gasteiger partial charge in [-0.25, -0.2) is 0 Å². The highest BCUT2D eigenvalue weighted by atomic mass is 35.5. The molecule has 2 aliphatic carbocycles. The molecule has 6 nitrogen and oxygen atoms in total. The van der Waals surface area contributed by atoms with Crippen LogP contribution in [0.2, 0.25) is 0 Å². The predicted octanol–water partition coefficient (Wildman–Crippen LogP) is 0.441. The highest BCUT2D eigenvalue weighted by Gasteiger charge is 2.75. The van der Waals surface area contributed by atoms with Crippen LogP contribution in [0.3, 0.4) is 0 Å². The molecule has 2 heterocycles. The van der Waals surface area contributed by atoms with Gasteiger partial charge in [-0.15, -0.1) is 12.4 Å². The van der Waals surface area contributed by atoms with E-state index in [9.17, 15) is 15.0 Å². The van der Waals surface area contributed by atoms with E-state index in [1.807, 2.05) is 19.2 Å². The van der Waals surface area contributed by atoms with Crippen LogP contribution >= 0.6 is 12.4 Å². The third-order valence-electron chi connectivity index (χ3n) is 6.78. The first kappa shape index (κ1) is 17.1. The number of piperidine rings is 1. The van der Waals surface area contributed by atoms with Crippen LogP contribution in [0, 0.1) is 0 Å². The number of halogens is 1. The maximum atomic E-state index is 12.7. The summed E-state index contributed by atoms with van der Waals surface area (Å²) in [7, 11) is 3.54. The standard InChI is InChI=1S/C18H21NO5.ClH/c1-19-6-5-17-14-9-3-4-11(23-2)15(14)24-16(17)10(20)8-13(21)18(17,22)12(19)7-9;/h3-4,12-13,16,21-22H,5-8H2,1-2H3;1H. The van der Waals surface area contributed by atoms with Gasteiger partial charge in [-0.1, -0.05) is 6.07 Å². The summed E-state index contributed by atoms with van der Waals surface area (Å²) in [5, 5.41) is 22.5. The van der Waals surface area contributed by atoms with Crippen molar-refractivity contribution in [1.29, 1.82) is 0 Å². The zero-order chi connectivity index (χ0) is 16.9. The first-order chi connectivity index (χ1) is 11.4. The average Bonchev–Trinajstić information content (AvgIpc) is 2.91. The number of carbonyl (C=O) groups excluding carboxylic acids is 1. The molecule has 0 aromatic heterocycles. The second-order valence-electron chi connectivity index (χ2n) is 7.56. The van der Waals surface area contributed by atoms with Gasteiger partial charge in [-0.3, -0.25) is 4.79 Å². The Balaban J connectivity index is 0.00000157. The molecule has 1 saturated heterocycles. The van der Waals surface area contributed by atoms with Crippen LogP contribution in [-0.4, -0.2) is 65.4 Å². The number of rotatable bonds is 1. The highest BCUT2D eigenvalue weighted by Crippen LogP contribution is 2.64. The van der Waals surface area contributed by atoms with Gasteiger partial charge >= 0.3 is 0 Å². The molecule has 0 radical (unpaired) electrons. The maximum Gasteiger partial charge on any atom is 0.177 e. The summed E-state index contributed by atoms with van der Waals surface area (Å²) in [5.74, 6) is 1.02. The molecule has 1 spiro atoms. The van der Waals surface area contributed by atoms with Crippen LogP contribution in [0.15, 0.2) is 12.1 Å². The molecule has 0 amide bonds. The van der Waals surface area contributed by atoms with Gasteiger partial charge in [0.15, 0.2) is 23.4 Å². The lowest BCUT2D eigenvalue weighted by Crippen LogP contribution is -2.80. The van der Waals surface area contributed by atoms with Crippen molar-refractivity contribution in [3.8, 4) is 11.5 Å². The Hall–Kier alpha value is -1.34. The summed E-state index contributed by atoms with van der Waals surface area (Å²) in [6.45, 7) is 0.753. The minimum atomic E-state index is -1.39. The number of benzene rings is 1. The summed E-state index contributed by atoms with van der Waals surface area (Å²) < 4.78 is 11.5. The summed E-state index contributed by atoms with van der Waals surface area (Å²) >= 11 is 0. The fraction of sp³-hybridized carbons (Fsp3) is 0.611. The monoisotopic (exact) mass is 367 g/mol. The molecule has 25 heavy (non-hydrogen) atoms. The number of carbonyl (C=O) groups is 1. The molecule has 5 rings (SSSR count). The quantitative estimate of drug-likeness (QED) is 0.750. The van der Waals surface area contributed by atoms with E-state index >= 15 is 0 Å². The summed E-state index contributed by atoms with van der Waals surface area (Å²) in [4.78, 5) is 14.8. The fourth-order valence-corrected chi connectivity index (χ4v) is 5.73. The van der Waals surface area contributed by atoms with E-state index in [0.717, 1.165) is 17.7 Å². The van der Waals surface area contributed by atoms with Crippen LogP contribution in [0.1, 0.15) is 24.0 Å². The fourth-order valence-electron chi connectivity index (χ4n) is 5.73. The number of ketones is 1. The molecule has 1 aromatic rings. The van der Waals surface area contributed by atoms with E-state index in [1.165, 1.54) is 0 Å². The zero-order valence-electron chi connectivity index (χ0n) is 14.2. The van der Waals surface area contributed by atoms with Gasteiger partial charge in [0.05, 0.1) is 18.6 Å². The normalized spacial score (nSPS) is 40.8. The first-order valence-corrected chi connectivity index (χ1v) is 8.45. The number of likely N-dealkylation sites (tertiary alicyclic amines) is 1. The van der Waals surface area contributed by atoms with Crippen molar-refractivity contribution in [3.63, 3.8) is 0 Å². The van der Waals surface area contributed by atoms with Gasteiger partial charge in [-0.05, 0) is 38.1 Å². The van der Waals surface area contributed by atoms with E-state index in [0.29, 0.717) is 24.3 Å². The Morgan fingerprint density at radius 1 is 1.36 bits per heavy atom. The SMILES string of the molecule is COc1ccc2c3c1OC1C(=O)CC(O)C4(O)C(C2)N(C)CCC314.Cl. The third-order valence-corrected chi connectivity index (χ3v) is 6.78. The number of hydrogen-bond acceptors (Lipinski definition) is 6. The molecule has 5 atom stereocenters.